The van der Waals surface area contributed by atoms with E-state index in [0.29, 0.717) is 12.8 Å². The van der Waals surface area contributed by atoms with Crippen LogP contribution in [-0.4, -0.2) is 17.9 Å². The number of allylic oxidation sites excluding steroid dienone is 1. The van der Waals surface area contributed by atoms with E-state index < -0.39 is 0 Å². The smallest absolute Gasteiger partial charge is 0.302 e. The third-order valence-corrected chi connectivity index (χ3v) is 3.88. The number of hydrogen-bond acceptors (Lipinski definition) is 3. The third-order valence-electron chi connectivity index (χ3n) is 3.88. The molecule has 1 atom stereocenters. The van der Waals surface area contributed by atoms with Crippen LogP contribution in [0.5, 0.6) is 0 Å². The maximum absolute atomic E-state index is 11.8. The normalized spacial score (nSPS) is 20.8. The molecule has 1 aliphatic carbocycles. The van der Waals surface area contributed by atoms with Crippen molar-refractivity contribution in [1.82, 2.24) is 0 Å². The van der Waals surface area contributed by atoms with Crippen molar-refractivity contribution in [2.75, 3.05) is 0 Å². The predicted molar refractivity (Wildman–Crippen MR) is 71.2 cm³/mol. The number of ketones is 1. The minimum atomic E-state index is -0.250. The average molecular weight is 252 g/mol. The summed E-state index contributed by atoms with van der Waals surface area (Å²) in [6.07, 6.45) is 2.86. The SMILES string of the molecule is CCC(CC1=C(C)C(=O)CCC1(C)C)OC(C)=O. The van der Waals surface area contributed by atoms with Crippen LogP contribution in [0, 0.1) is 5.41 Å². The van der Waals surface area contributed by atoms with Gasteiger partial charge in [0.15, 0.2) is 5.78 Å². The standard InChI is InChI=1S/C15H24O3/c1-6-12(18-11(3)16)9-13-10(2)14(17)7-8-15(13,4)5/h12H,6-9H2,1-5H3. The molecular formula is C15H24O3. The fourth-order valence-electron chi connectivity index (χ4n) is 2.60. The van der Waals surface area contributed by atoms with E-state index in [0.717, 1.165) is 24.0 Å². The Hall–Kier alpha value is -1.12. The predicted octanol–water partition coefficient (Wildman–Crippen LogP) is 3.42. The largest absolute Gasteiger partial charge is 0.462 e. The molecular weight excluding hydrogens is 228 g/mol. The van der Waals surface area contributed by atoms with Crippen molar-refractivity contribution < 1.29 is 14.3 Å². The van der Waals surface area contributed by atoms with Gasteiger partial charge in [0.2, 0.25) is 0 Å². The van der Waals surface area contributed by atoms with Gasteiger partial charge in [-0.25, -0.2) is 0 Å². The summed E-state index contributed by atoms with van der Waals surface area (Å²) in [6.45, 7) is 9.67. The van der Waals surface area contributed by atoms with Crippen LogP contribution in [-0.2, 0) is 14.3 Å². The van der Waals surface area contributed by atoms with Gasteiger partial charge in [-0.2, -0.15) is 0 Å². The van der Waals surface area contributed by atoms with Gasteiger partial charge in [-0.15, -0.1) is 0 Å². The van der Waals surface area contributed by atoms with E-state index >= 15 is 0 Å². The quantitative estimate of drug-likeness (QED) is 0.720. The number of hydrogen-bond donors (Lipinski definition) is 0. The Kier molecular flexibility index (Phi) is 4.71. The third kappa shape index (κ3) is 3.44. The van der Waals surface area contributed by atoms with Crippen LogP contribution in [0.25, 0.3) is 0 Å². The molecule has 0 fully saturated rings. The summed E-state index contributed by atoms with van der Waals surface area (Å²) in [6, 6.07) is 0. The van der Waals surface area contributed by atoms with Crippen molar-refractivity contribution in [2.45, 2.75) is 66.4 Å². The van der Waals surface area contributed by atoms with Gasteiger partial charge in [-0.05, 0) is 30.8 Å². The zero-order valence-corrected chi connectivity index (χ0v) is 12.1. The van der Waals surface area contributed by atoms with Crippen LogP contribution in [0.4, 0.5) is 0 Å². The Morgan fingerprint density at radius 2 is 2.06 bits per heavy atom. The van der Waals surface area contributed by atoms with E-state index in [-0.39, 0.29) is 23.3 Å². The fraction of sp³-hybridized carbons (Fsp3) is 0.733. The van der Waals surface area contributed by atoms with Gasteiger partial charge in [0.25, 0.3) is 0 Å². The summed E-state index contributed by atoms with van der Waals surface area (Å²) in [5, 5.41) is 0. The monoisotopic (exact) mass is 252 g/mol. The summed E-state index contributed by atoms with van der Waals surface area (Å²) in [4.78, 5) is 22.9. The number of carbonyl (C=O) groups is 2. The molecule has 0 aromatic rings. The number of esters is 1. The number of rotatable bonds is 4. The molecule has 0 spiro atoms. The summed E-state index contributed by atoms with van der Waals surface area (Å²) in [7, 11) is 0. The van der Waals surface area contributed by atoms with Gasteiger partial charge >= 0.3 is 5.97 Å². The first kappa shape index (κ1) is 14.9. The van der Waals surface area contributed by atoms with Crippen molar-refractivity contribution in [2.24, 2.45) is 5.41 Å². The molecule has 102 valence electrons. The molecule has 1 unspecified atom stereocenters. The van der Waals surface area contributed by atoms with Gasteiger partial charge in [0.1, 0.15) is 6.10 Å². The Morgan fingerprint density at radius 3 is 2.56 bits per heavy atom. The van der Waals surface area contributed by atoms with Crippen LogP contribution in [0.15, 0.2) is 11.1 Å². The van der Waals surface area contributed by atoms with E-state index in [1.165, 1.54) is 6.92 Å². The van der Waals surface area contributed by atoms with E-state index in [2.05, 4.69) is 13.8 Å². The first-order chi connectivity index (χ1) is 8.27. The first-order valence-electron chi connectivity index (χ1n) is 6.68. The Balaban J connectivity index is 2.93. The minimum absolute atomic E-state index is 0.0333. The molecule has 1 aliphatic rings. The highest BCUT2D eigenvalue weighted by atomic mass is 16.5. The number of carbonyl (C=O) groups excluding carboxylic acids is 2. The molecule has 3 heteroatoms. The van der Waals surface area contributed by atoms with Crippen LogP contribution in [0.2, 0.25) is 0 Å². The van der Waals surface area contributed by atoms with Crippen LogP contribution < -0.4 is 0 Å². The lowest BCUT2D eigenvalue weighted by molar-refractivity contribution is -0.146. The first-order valence-corrected chi connectivity index (χ1v) is 6.68. The Morgan fingerprint density at radius 1 is 1.44 bits per heavy atom. The highest BCUT2D eigenvalue weighted by Gasteiger charge is 2.33. The fourth-order valence-corrected chi connectivity index (χ4v) is 2.60. The maximum atomic E-state index is 11.8. The highest BCUT2D eigenvalue weighted by molar-refractivity contribution is 5.96. The minimum Gasteiger partial charge on any atom is -0.462 e. The zero-order valence-electron chi connectivity index (χ0n) is 12.1. The molecule has 0 aromatic heterocycles. The molecule has 0 saturated heterocycles. The summed E-state index contributed by atoms with van der Waals surface area (Å²) in [5.74, 6) is -0.0120. The molecule has 0 radical (unpaired) electrons. The molecule has 0 saturated carbocycles. The van der Waals surface area contributed by atoms with E-state index in [4.69, 9.17) is 4.74 Å². The van der Waals surface area contributed by atoms with Crippen molar-refractivity contribution >= 4 is 11.8 Å². The van der Waals surface area contributed by atoms with Gasteiger partial charge in [0.05, 0.1) is 0 Å². The van der Waals surface area contributed by atoms with Crippen molar-refractivity contribution in [3.63, 3.8) is 0 Å². The molecule has 0 N–H and O–H groups in total. The Bertz CT molecular complexity index is 377. The van der Waals surface area contributed by atoms with Crippen LogP contribution in [0.3, 0.4) is 0 Å². The highest BCUT2D eigenvalue weighted by Crippen LogP contribution is 2.41. The van der Waals surface area contributed by atoms with Gasteiger partial charge < -0.3 is 4.74 Å². The number of Topliss-reactive ketones (excluding diaryl/α,β-unsaturated/α-hetero) is 1. The average Bonchev–Trinajstić information content (AvgIpc) is 2.28. The molecule has 1 rings (SSSR count). The van der Waals surface area contributed by atoms with E-state index in [1.807, 2.05) is 13.8 Å². The van der Waals surface area contributed by atoms with Gasteiger partial charge in [0, 0.05) is 19.8 Å². The number of ether oxygens (including phenoxy) is 1. The van der Waals surface area contributed by atoms with E-state index in [1.54, 1.807) is 0 Å². The topological polar surface area (TPSA) is 43.4 Å². The molecule has 0 heterocycles. The summed E-state index contributed by atoms with van der Waals surface area (Å²) < 4.78 is 5.29. The molecule has 3 nitrogen and oxygen atoms in total. The van der Waals surface area contributed by atoms with Crippen molar-refractivity contribution in [3.8, 4) is 0 Å². The van der Waals surface area contributed by atoms with Crippen LogP contribution in [0.1, 0.15) is 60.3 Å². The lowest BCUT2D eigenvalue weighted by Gasteiger charge is -2.35. The molecule has 0 aromatic carbocycles. The van der Waals surface area contributed by atoms with E-state index in [9.17, 15) is 9.59 Å². The second-order valence-electron chi connectivity index (χ2n) is 5.75. The lowest BCUT2D eigenvalue weighted by Crippen LogP contribution is -2.29. The van der Waals surface area contributed by atoms with Crippen molar-refractivity contribution in [3.05, 3.63) is 11.1 Å². The van der Waals surface area contributed by atoms with Gasteiger partial charge in [-0.1, -0.05) is 26.3 Å². The maximum Gasteiger partial charge on any atom is 0.302 e. The Labute approximate surface area is 110 Å². The molecule has 0 bridgehead atoms. The second kappa shape index (κ2) is 5.68. The summed E-state index contributed by atoms with van der Waals surface area (Å²) >= 11 is 0. The lowest BCUT2D eigenvalue weighted by atomic mass is 9.70. The van der Waals surface area contributed by atoms with Crippen LogP contribution >= 0.6 is 0 Å². The molecule has 0 aliphatic heterocycles. The van der Waals surface area contributed by atoms with Gasteiger partial charge in [-0.3, -0.25) is 9.59 Å². The zero-order chi connectivity index (χ0) is 13.9. The summed E-state index contributed by atoms with van der Waals surface area (Å²) in [5.41, 5.74) is 2.06. The second-order valence-corrected chi connectivity index (χ2v) is 5.75. The molecule has 18 heavy (non-hydrogen) atoms. The molecule has 0 amide bonds. The van der Waals surface area contributed by atoms with Crippen molar-refractivity contribution in [1.29, 1.82) is 0 Å².